The van der Waals surface area contributed by atoms with Crippen LogP contribution in [0.1, 0.15) is 30.3 Å². The molecule has 2 aromatic carbocycles. The van der Waals surface area contributed by atoms with Gasteiger partial charge < -0.3 is 14.4 Å². The van der Waals surface area contributed by atoms with Crippen LogP contribution in [0.3, 0.4) is 0 Å². The molecule has 5 nitrogen and oxygen atoms in total. The van der Waals surface area contributed by atoms with E-state index in [1.54, 1.807) is 12.3 Å². The van der Waals surface area contributed by atoms with Gasteiger partial charge in [-0.1, -0.05) is 11.6 Å². The van der Waals surface area contributed by atoms with Crippen LogP contribution in [0.5, 0.6) is 5.75 Å². The molecule has 0 saturated carbocycles. The molecule has 162 valence electrons. The average Bonchev–Trinajstić information content (AvgIpc) is 3.28. The van der Waals surface area contributed by atoms with Crippen LogP contribution >= 0.6 is 22.9 Å². The van der Waals surface area contributed by atoms with E-state index in [2.05, 4.69) is 22.0 Å². The number of carbonyl (C=O) groups excluding carboxylic acids is 1. The second-order valence-corrected chi connectivity index (χ2v) is 8.45. The highest BCUT2D eigenvalue weighted by Gasteiger charge is 2.22. The summed E-state index contributed by atoms with van der Waals surface area (Å²) in [6, 6.07) is 12.3. The highest BCUT2D eigenvalue weighted by Crippen LogP contribution is 2.30. The lowest BCUT2D eigenvalue weighted by Gasteiger charge is -2.34. The fourth-order valence-electron chi connectivity index (χ4n) is 3.50. The van der Waals surface area contributed by atoms with Gasteiger partial charge in [0.15, 0.2) is 5.69 Å². The SMILES string of the molecule is CCOC(=O)c1csc(-c2ccc(N3CCC(Oc4cc(F)ccc4Cl)CC3)cc2)n1. The third-order valence-corrected chi connectivity index (χ3v) is 6.30. The summed E-state index contributed by atoms with van der Waals surface area (Å²) >= 11 is 7.53. The minimum atomic E-state index is -0.397. The smallest absolute Gasteiger partial charge is 0.357 e. The van der Waals surface area contributed by atoms with E-state index in [1.807, 2.05) is 12.1 Å². The molecule has 0 bridgehead atoms. The maximum atomic E-state index is 13.4. The number of halogens is 2. The van der Waals surface area contributed by atoms with Gasteiger partial charge in [-0.3, -0.25) is 0 Å². The molecule has 1 aliphatic heterocycles. The first-order valence-corrected chi connectivity index (χ1v) is 11.4. The number of anilines is 1. The molecular weight excluding hydrogens is 439 g/mol. The van der Waals surface area contributed by atoms with Crippen LogP contribution in [0.25, 0.3) is 10.6 Å². The number of piperidine rings is 1. The van der Waals surface area contributed by atoms with Gasteiger partial charge in [0, 0.05) is 48.6 Å². The zero-order valence-electron chi connectivity index (χ0n) is 17.0. The summed E-state index contributed by atoms with van der Waals surface area (Å²) in [5, 5.41) is 2.93. The second-order valence-electron chi connectivity index (χ2n) is 7.18. The molecule has 0 N–H and O–H groups in total. The number of aromatic nitrogens is 1. The Morgan fingerprint density at radius 1 is 1.23 bits per heavy atom. The van der Waals surface area contributed by atoms with Gasteiger partial charge in [-0.2, -0.15) is 0 Å². The van der Waals surface area contributed by atoms with E-state index in [1.165, 1.54) is 29.5 Å². The zero-order chi connectivity index (χ0) is 21.8. The van der Waals surface area contributed by atoms with Gasteiger partial charge in [-0.15, -0.1) is 11.3 Å². The first-order valence-electron chi connectivity index (χ1n) is 10.1. The van der Waals surface area contributed by atoms with E-state index in [0.717, 1.165) is 42.2 Å². The lowest BCUT2D eigenvalue weighted by molar-refractivity contribution is 0.0520. The summed E-state index contributed by atoms with van der Waals surface area (Å²) in [5.41, 5.74) is 2.42. The lowest BCUT2D eigenvalue weighted by atomic mass is 10.1. The van der Waals surface area contributed by atoms with Crippen LogP contribution < -0.4 is 9.64 Å². The van der Waals surface area contributed by atoms with Gasteiger partial charge in [0.2, 0.25) is 0 Å². The normalized spacial score (nSPS) is 14.5. The molecule has 1 aliphatic rings. The maximum absolute atomic E-state index is 13.4. The first kappa shape index (κ1) is 21.6. The zero-order valence-corrected chi connectivity index (χ0v) is 18.6. The molecule has 1 fully saturated rings. The standard InChI is InChI=1S/C23H22ClFN2O3S/c1-2-29-23(28)20-14-31-22(26-20)15-3-6-17(7-4-15)27-11-9-18(10-12-27)30-21-13-16(25)5-8-19(21)24/h3-8,13-14,18H,2,9-12H2,1H3. The fourth-order valence-corrected chi connectivity index (χ4v) is 4.46. The molecule has 0 spiro atoms. The van der Waals surface area contributed by atoms with E-state index < -0.39 is 5.97 Å². The predicted octanol–water partition coefficient (Wildman–Crippen LogP) is 5.83. The quantitative estimate of drug-likeness (QED) is 0.433. The number of carbonyl (C=O) groups is 1. The van der Waals surface area contributed by atoms with Crippen molar-refractivity contribution < 1.29 is 18.7 Å². The van der Waals surface area contributed by atoms with Crippen LogP contribution in [-0.4, -0.2) is 36.8 Å². The Balaban J connectivity index is 1.35. The summed E-state index contributed by atoms with van der Waals surface area (Å²) in [4.78, 5) is 18.5. The maximum Gasteiger partial charge on any atom is 0.357 e. The summed E-state index contributed by atoms with van der Waals surface area (Å²) in [6.45, 7) is 3.77. The van der Waals surface area contributed by atoms with Gasteiger partial charge in [-0.25, -0.2) is 14.2 Å². The molecular formula is C23H22ClFN2O3S. The van der Waals surface area contributed by atoms with Crippen LogP contribution in [0.2, 0.25) is 5.02 Å². The van der Waals surface area contributed by atoms with E-state index >= 15 is 0 Å². The minimum Gasteiger partial charge on any atom is -0.489 e. The summed E-state index contributed by atoms with van der Waals surface area (Å²) in [7, 11) is 0. The third-order valence-electron chi connectivity index (χ3n) is 5.10. The van der Waals surface area contributed by atoms with Crippen molar-refractivity contribution in [1.29, 1.82) is 0 Å². The van der Waals surface area contributed by atoms with Crippen molar-refractivity contribution >= 4 is 34.6 Å². The van der Waals surface area contributed by atoms with Crippen molar-refractivity contribution in [2.24, 2.45) is 0 Å². The van der Waals surface area contributed by atoms with Gasteiger partial charge >= 0.3 is 5.97 Å². The lowest BCUT2D eigenvalue weighted by Crippen LogP contribution is -2.38. The Morgan fingerprint density at radius 2 is 1.97 bits per heavy atom. The van der Waals surface area contributed by atoms with Crippen LogP contribution in [-0.2, 0) is 4.74 Å². The van der Waals surface area contributed by atoms with Crippen molar-refractivity contribution in [3.63, 3.8) is 0 Å². The van der Waals surface area contributed by atoms with Crippen LogP contribution in [0.15, 0.2) is 47.8 Å². The van der Waals surface area contributed by atoms with Gasteiger partial charge in [0.05, 0.1) is 11.6 Å². The topological polar surface area (TPSA) is 51.7 Å². The molecule has 31 heavy (non-hydrogen) atoms. The van der Waals surface area contributed by atoms with Crippen molar-refractivity contribution in [2.75, 3.05) is 24.6 Å². The van der Waals surface area contributed by atoms with E-state index in [0.29, 0.717) is 23.1 Å². The van der Waals surface area contributed by atoms with Crippen molar-refractivity contribution in [3.05, 3.63) is 64.4 Å². The summed E-state index contributed by atoms with van der Waals surface area (Å²) in [6.07, 6.45) is 1.65. The average molecular weight is 461 g/mol. The summed E-state index contributed by atoms with van der Waals surface area (Å²) < 4.78 is 24.4. The first-order chi connectivity index (χ1) is 15.0. The molecule has 1 aromatic heterocycles. The second kappa shape index (κ2) is 9.66. The van der Waals surface area contributed by atoms with Crippen molar-refractivity contribution in [2.45, 2.75) is 25.9 Å². The number of hydrogen-bond acceptors (Lipinski definition) is 6. The molecule has 1 saturated heterocycles. The van der Waals surface area contributed by atoms with Gasteiger partial charge in [0.25, 0.3) is 0 Å². The Morgan fingerprint density at radius 3 is 2.68 bits per heavy atom. The molecule has 0 radical (unpaired) electrons. The summed E-state index contributed by atoms with van der Waals surface area (Å²) in [5.74, 6) is -0.354. The molecule has 0 amide bonds. The highest BCUT2D eigenvalue weighted by atomic mass is 35.5. The number of esters is 1. The van der Waals surface area contributed by atoms with E-state index in [9.17, 15) is 9.18 Å². The minimum absolute atomic E-state index is 0.00596. The van der Waals surface area contributed by atoms with Crippen LogP contribution in [0, 0.1) is 5.82 Å². The predicted molar refractivity (Wildman–Crippen MR) is 121 cm³/mol. The number of hydrogen-bond donors (Lipinski definition) is 0. The Kier molecular flexibility index (Phi) is 6.73. The number of rotatable bonds is 6. The van der Waals surface area contributed by atoms with E-state index in [4.69, 9.17) is 21.1 Å². The van der Waals surface area contributed by atoms with Crippen molar-refractivity contribution in [1.82, 2.24) is 4.98 Å². The molecule has 8 heteroatoms. The number of ether oxygens (including phenoxy) is 2. The molecule has 3 aromatic rings. The van der Waals surface area contributed by atoms with Crippen LogP contribution in [0.4, 0.5) is 10.1 Å². The van der Waals surface area contributed by atoms with Gasteiger partial charge in [0.1, 0.15) is 22.7 Å². The number of nitrogens with zero attached hydrogens (tertiary/aromatic N) is 2. The number of thiazole rings is 1. The molecule has 4 rings (SSSR count). The fraction of sp³-hybridized carbons (Fsp3) is 0.304. The third kappa shape index (κ3) is 5.17. The molecule has 2 heterocycles. The molecule has 0 aliphatic carbocycles. The van der Waals surface area contributed by atoms with E-state index in [-0.39, 0.29) is 11.9 Å². The Bertz CT molecular complexity index is 1050. The molecule has 0 atom stereocenters. The monoisotopic (exact) mass is 460 g/mol. The Hall–Kier alpha value is -2.64. The van der Waals surface area contributed by atoms with Gasteiger partial charge in [-0.05, 0) is 43.3 Å². The largest absolute Gasteiger partial charge is 0.489 e. The highest BCUT2D eigenvalue weighted by molar-refractivity contribution is 7.13. The number of benzene rings is 2. The molecule has 0 unspecified atom stereocenters. The van der Waals surface area contributed by atoms with Crippen molar-refractivity contribution in [3.8, 4) is 16.3 Å². The Labute approximate surface area is 189 Å².